The van der Waals surface area contributed by atoms with E-state index in [0.29, 0.717) is 0 Å². The second-order valence-electron chi connectivity index (χ2n) is 8.30. The largest absolute Gasteiger partial charge is 0.314 e. The van der Waals surface area contributed by atoms with Crippen molar-refractivity contribution >= 4 is 0 Å². The van der Waals surface area contributed by atoms with Gasteiger partial charge in [-0.3, -0.25) is 0 Å². The van der Waals surface area contributed by atoms with Crippen LogP contribution in [0.5, 0.6) is 0 Å². The Bertz CT molecular complexity index is 226. The van der Waals surface area contributed by atoms with Crippen LogP contribution in [0.1, 0.15) is 143 Å². The SMILES string of the molecule is CCCCCCCCCCCCCCCCC(C)NCCCCCC. The van der Waals surface area contributed by atoms with E-state index in [0.717, 1.165) is 6.04 Å². The Morgan fingerprint density at radius 2 is 0.840 bits per heavy atom. The molecular weight excluding hydrogens is 302 g/mol. The van der Waals surface area contributed by atoms with E-state index in [2.05, 4.69) is 26.1 Å². The molecule has 0 saturated heterocycles. The molecule has 0 aromatic carbocycles. The highest BCUT2D eigenvalue weighted by molar-refractivity contribution is 4.61. The van der Waals surface area contributed by atoms with Crippen molar-refractivity contribution in [2.24, 2.45) is 0 Å². The van der Waals surface area contributed by atoms with Crippen molar-refractivity contribution in [2.75, 3.05) is 6.54 Å². The first-order valence-electron chi connectivity index (χ1n) is 12.0. The Balaban J connectivity index is 3.08. The van der Waals surface area contributed by atoms with Crippen LogP contribution in [0.25, 0.3) is 0 Å². The highest BCUT2D eigenvalue weighted by Gasteiger charge is 2.00. The topological polar surface area (TPSA) is 12.0 Å². The summed E-state index contributed by atoms with van der Waals surface area (Å²) >= 11 is 0. The normalized spacial score (nSPS) is 12.6. The molecule has 0 aliphatic carbocycles. The summed E-state index contributed by atoms with van der Waals surface area (Å²) in [5.41, 5.74) is 0. The fourth-order valence-electron chi connectivity index (χ4n) is 3.65. The van der Waals surface area contributed by atoms with Gasteiger partial charge in [-0.05, 0) is 26.3 Å². The highest BCUT2D eigenvalue weighted by atomic mass is 14.9. The standard InChI is InChI=1S/C24H51N/c1-4-6-8-10-11-12-13-14-15-16-17-18-19-20-22-24(3)25-23-21-9-7-5-2/h24-25H,4-23H2,1-3H3. The molecule has 1 atom stereocenters. The molecule has 1 unspecified atom stereocenters. The first-order valence-corrected chi connectivity index (χ1v) is 12.0. The summed E-state index contributed by atoms with van der Waals surface area (Å²) in [6.45, 7) is 8.17. The molecule has 1 N–H and O–H groups in total. The van der Waals surface area contributed by atoms with Crippen molar-refractivity contribution in [2.45, 2.75) is 149 Å². The predicted molar refractivity (Wildman–Crippen MR) is 117 cm³/mol. The molecule has 0 heterocycles. The highest BCUT2D eigenvalue weighted by Crippen LogP contribution is 2.13. The zero-order chi connectivity index (χ0) is 18.4. The van der Waals surface area contributed by atoms with Gasteiger partial charge in [-0.25, -0.2) is 0 Å². The fraction of sp³-hybridized carbons (Fsp3) is 1.00. The minimum absolute atomic E-state index is 0.721. The zero-order valence-electron chi connectivity index (χ0n) is 18.2. The number of nitrogens with one attached hydrogen (secondary N) is 1. The van der Waals surface area contributed by atoms with Crippen molar-refractivity contribution in [3.8, 4) is 0 Å². The smallest absolute Gasteiger partial charge is 0.00387 e. The van der Waals surface area contributed by atoms with Gasteiger partial charge in [0.2, 0.25) is 0 Å². The molecule has 1 nitrogen and oxygen atoms in total. The van der Waals surface area contributed by atoms with Gasteiger partial charge in [-0.1, -0.05) is 123 Å². The van der Waals surface area contributed by atoms with E-state index in [1.807, 2.05) is 0 Å². The van der Waals surface area contributed by atoms with Crippen LogP contribution in [-0.2, 0) is 0 Å². The maximum absolute atomic E-state index is 3.69. The maximum atomic E-state index is 3.69. The van der Waals surface area contributed by atoms with E-state index in [9.17, 15) is 0 Å². The minimum Gasteiger partial charge on any atom is -0.314 e. The van der Waals surface area contributed by atoms with Crippen LogP contribution in [0, 0.1) is 0 Å². The molecule has 0 amide bonds. The number of hydrogen-bond acceptors (Lipinski definition) is 1. The number of rotatable bonds is 21. The first-order chi connectivity index (χ1) is 12.3. The average Bonchev–Trinajstić information content (AvgIpc) is 2.62. The third-order valence-corrected chi connectivity index (χ3v) is 5.51. The lowest BCUT2D eigenvalue weighted by molar-refractivity contribution is 0.465. The molecule has 0 fully saturated rings. The Labute approximate surface area is 161 Å². The van der Waals surface area contributed by atoms with Crippen LogP contribution >= 0.6 is 0 Å². The Morgan fingerprint density at radius 3 is 1.28 bits per heavy atom. The van der Waals surface area contributed by atoms with E-state index >= 15 is 0 Å². The summed E-state index contributed by atoms with van der Waals surface area (Å²) in [4.78, 5) is 0. The van der Waals surface area contributed by atoms with Crippen LogP contribution in [0.3, 0.4) is 0 Å². The van der Waals surface area contributed by atoms with Crippen molar-refractivity contribution in [3.63, 3.8) is 0 Å². The molecular formula is C24H51N. The molecule has 1 heteroatoms. The number of unbranched alkanes of at least 4 members (excludes halogenated alkanes) is 16. The lowest BCUT2D eigenvalue weighted by Crippen LogP contribution is -2.26. The van der Waals surface area contributed by atoms with Gasteiger partial charge in [-0.2, -0.15) is 0 Å². The molecule has 0 rings (SSSR count). The molecule has 0 saturated carbocycles. The van der Waals surface area contributed by atoms with Gasteiger partial charge in [0.25, 0.3) is 0 Å². The molecule has 0 aromatic heterocycles. The molecule has 0 radical (unpaired) electrons. The maximum Gasteiger partial charge on any atom is 0.00387 e. The summed E-state index contributed by atoms with van der Waals surface area (Å²) in [5.74, 6) is 0. The van der Waals surface area contributed by atoms with Crippen LogP contribution in [0.4, 0.5) is 0 Å². The van der Waals surface area contributed by atoms with Crippen LogP contribution in [0.15, 0.2) is 0 Å². The third-order valence-electron chi connectivity index (χ3n) is 5.51. The van der Waals surface area contributed by atoms with Crippen molar-refractivity contribution in [1.82, 2.24) is 5.32 Å². The molecule has 0 aromatic rings. The molecule has 0 bridgehead atoms. The van der Waals surface area contributed by atoms with Crippen molar-refractivity contribution < 1.29 is 0 Å². The molecule has 152 valence electrons. The molecule has 0 spiro atoms. The molecule has 0 aliphatic heterocycles. The average molecular weight is 354 g/mol. The second kappa shape index (κ2) is 22.0. The third kappa shape index (κ3) is 21.9. The summed E-state index contributed by atoms with van der Waals surface area (Å²) in [6, 6.07) is 0.721. The van der Waals surface area contributed by atoms with E-state index in [4.69, 9.17) is 0 Å². The molecule has 0 aliphatic rings. The van der Waals surface area contributed by atoms with E-state index < -0.39 is 0 Å². The predicted octanol–water partition coefficient (Wildman–Crippen LogP) is 8.42. The van der Waals surface area contributed by atoms with Crippen LogP contribution in [-0.4, -0.2) is 12.6 Å². The van der Waals surface area contributed by atoms with E-state index in [-0.39, 0.29) is 0 Å². The Morgan fingerprint density at radius 1 is 0.480 bits per heavy atom. The second-order valence-corrected chi connectivity index (χ2v) is 8.30. The van der Waals surface area contributed by atoms with Gasteiger partial charge in [0.05, 0.1) is 0 Å². The Kier molecular flexibility index (Phi) is 22.0. The van der Waals surface area contributed by atoms with Gasteiger partial charge in [-0.15, -0.1) is 0 Å². The Hall–Kier alpha value is -0.0400. The van der Waals surface area contributed by atoms with Crippen molar-refractivity contribution in [3.05, 3.63) is 0 Å². The summed E-state index contributed by atoms with van der Waals surface area (Å²) in [5, 5.41) is 3.69. The lowest BCUT2D eigenvalue weighted by Gasteiger charge is -2.13. The number of hydrogen-bond donors (Lipinski definition) is 1. The van der Waals surface area contributed by atoms with E-state index in [1.165, 1.54) is 129 Å². The van der Waals surface area contributed by atoms with Crippen LogP contribution in [0.2, 0.25) is 0 Å². The first kappa shape index (κ1) is 25.0. The summed E-state index contributed by atoms with van der Waals surface area (Å²) < 4.78 is 0. The van der Waals surface area contributed by atoms with Crippen LogP contribution < -0.4 is 5.32 Å². The molecule has 25 heavy (non-hydrogen) atoms. The summed E-state index contributed by atoms with van der Waals surface area (Å²) in [6.07, 6.45) is 27.3. The van der Waals surface area contributed by atoms with Crippen molar-refractivity contribution in [1.29, 1.82) is 0 Å². The monoisotopic (exact) mass is 353 g/mol. The van der Waals surface area contributed by atoms with Gasteiger partial charge < -0.3 is 5.32 Å². The quantitative estimate of drug-likeness (QED) is 0.204. The van der Waals surface area contributed by atoms with Gasteiger partial charge in [0.1, 0.15) is 0 Å². The minimum atomic E-state index is 0.721. The van der Waals surface area contributed by atoms with Gasteiger partial charge >= 0.3 is 0 Å². The lowest BCUT2D eigenvalue weighted by atomic mass is 10.0. The van der Waals surface area contributed by atoms with Gasteiger partial charge in [0, 0.05) is 6.04 Å². The summed E-state index contributed by atoms with van der Waals surface area (Å²) in [7, 11) is 0. The zero-order valence-corrected chi connectivity index (χ0v) is 18.2. The van der Waals surface area contributed by atoms with E-state index in [1.54, 1.807) is 0 Å². The van der Waals surface area contributed by atoms with Gasteiger partial charge in [0.15, 0.2) is 0 Å². The fourth-order valence-corrected chi connectivity index (χ4v) is 3.65.